The Morgan fingerprint density at radius 2 is 2.10 bits per heavy atom. The molecular formula is C31H35Cl2F2N3O4. The van der Waals surface area contributed by atoms with Gasteiger partial charge in [0.1, 0.15) is 17.3 Å². The molecule has 1 aliphatic rings. The zero-order valence-corrected chi connectivity index (χ0v) is 25.1. The van der Waals surface area contributed by atoms with Crippen LogP contribution < -0.4 is 10.6 Å². The third kappa shape index (κ3) is 7.49. The van der Waals surface area contributed by atoms with Gasteiger partial charge in [-0.15, -0.1) is 0 Å². The minimum Gasteiger partial charge on any atom is -0.466 e. The number of carbonyl (C=O) groups excluding carboxylic acids is 1. The molecule has 1 aromatic carbocycles. The van der Waals surface area contributed by atoms with E-state index < -0.39 is 53.3 Å². The van der Waals surface area contributed by atoms with Crippen molar-refractivity contribution in [3.63, 3.8) is 0 Å². The molecule has 1 aromatic heterocycles. The van der Waals surface area contributed by atoms with Gasteiger partial charge in [-0.25, -0.2) is 8.78 Å². The van der Waals surface area contributed by atoms with Crippen molar-refractivity contribution in [2.45, 2.75) is 63.1 Å². The first-order valence-corrected chi connectivity index (χ1v) is 14.2. The number of nitriles is 1. The van der Waals surface area contributed by atoms with Gasteiger partial charge in [-0.05, 0) is 55.7 Å². The summed E-state index contributed by atoms with van der Waals surface area (Å²) in [5.74, 6) is -0.970. The number of allylic oxidation sites excluding steroid dienone is 4. The maximum Gasteiger partial charge on any atom is 0.237 e. The summed E-state index contributed by atoms with van der Waals surface area (Å²) in [6.07, 6.45) is 5.10. The molecule has 0 saturated carbocycles. The summed E-state index contributed by atoms with van der Waals surface area (Å²) in [6.45, 7) is 5.28. The number of nitrogens with one attached hydrogen (secondary N) is 2. The third-order valence-electron chi connectivity index (χ3n) is 7.56. The largest absolute Gasteiger partial charge is 0.466 e. The molecule has 1 amide bonds. The highest BCUT2D eigenvalue weighted by Crippen LogP contribution is 2.52. The van der Waals surface area contributed by atoms with Gasteiger partial charge in [0, 0.05) is 29.0 Å². The highest BCUT2D eigenvalue weighted by molar-refractivity contribution is 6.31. The van der Waals surface area contributed by atoms with Crippen LogP contribution in [0.3, 0.4) is 0 Å². The van der Waals surface area contributed by atoms with Crippen LogP contribution in [0, 0.1) is 29.5 Å². The molecule has 2 heterocycles. The van der Waals surface area contributed by atoms with Crippen LogP contribution in [-0.2, 0) is 10.2 Å². The maximum absolute atomic E-state index is 15.7. The van der Waals surface area contributed by atoms with Gasteiger partial charge in [0.25, 0.3) is 0 Å². The van der Waals surface area contributed by atoms with E-state index in [0.29, 0.717) is 17.9 Å². The number of rotatable bonds is 12. The van der Waals surface area contributed by atoms with E-state index >= 15 is 4.39 Å². The Hall–Kier alpha value is -3.00. The molecule has 2 aromatic rings. The van der Waals surface area contributed by atoms with E-state index in [1.165, 1.54) is 24.3 Å². The molecule has 0 bridgehead atoms. The van der Waals surface area contributed by atoms with Gasteiger partial charge < -0.3 is 25.3 Å². The second-order valence-corrected chi connectivity index (χ2v) is 11.8. The molecule has 0 unspecified atom stereocenters. The standard InChI is InChI=1S/C31H35Cl2F2N3O4/c1-19-9-10-25(42-19)30(2,3)16-24-31(18-36,13-5-6-20(32)11-14-34)26(22-7-4-8-23(33)27(22)35)28(38-24)29(41)37-15-12-21(40)17-39/h4-11,13-14,21,24,26,28,38-40H,12,15-17H2,1-3H3,(H,37,41)/b13-5+,14-11+,20-6+/t21-,24-,26-,28+,31+/m0/s1. The maximum atomic E-state index is 15.7. The molecule has 1 aliphatic heterocycles. The molecule has 4 N–H and O–H groups in total. The Morgan fingerprint density at radius 1 is 1.36 bits per heavy atom. The van der Waals surface area contributed by atoms with Crippen molar-refractivity contribution in [3.8, 4) is 6.07 Å². The summed E-state index contributed by atoms with van der Waals surface area (Å²) in [5.41, 5.74) is -2.09. The normalized spacial score (nSPS) is 23.9. The van der Waals surface area contributed by atoms with E-state index in [0.717, 1.165) is 6.08 Å². The van der Waals surface area contributed by atoms with Crippen LogP contribution in [0.4, 0.5) is 8.78 Å². The van der Waals surface area contributed by atoms with Crippen molar-refractivity contribution in [1.82, 2.24) is 10.6 Å². The van der Waals surface area contributed by atoms with Gasteiger partial charge in [-0.2, -0.15) is 5.26 Å². The van der Waals surface area contributed by atoms with E-state index in [9.17, 15) is 19.6 Å². The monoisotopic (exact) mass is 621 g/mol. The van der Waals surface area contributed by atoms with Crippen molar-refractivity contribution >= 4 is 29.1 Å². The Balaban J connectivity index is 2.18. The summed E-state index contributed by atoms with van der Waals surface area (Å²) in [4.78, 5) is 13.6. The SMILES string of the molecule is Cc1ccc(C(C)(C)C[C@@H]2N[C@@H](C(=O)NCC[C@H](O)CO)[C@H](c3cccc(Cl)c3F)[C@@]2(C#N)/C=C/C=C(Cl)\C=C\F)o1. The van der Waals surface area contributed by atoms with Gasteiger partial charge in [0.05, 0.1) is 41.6 Å². The molecule has 3 rings (SSSR count). The van der Waals surface area contributed by atoms with Crippen molar-refractivity contribution in [2.24, 2.45) is 5.41 Å². The number of hydrogen-bond donors (Lipinski definition) is 4. The lowest BCUT2D eigenvalue weighted by Crippen LogP contribution is -2.46. The van der Waals surface area contributed by atoms with E-state index in [1.54, 1.807) is 12.1 Å². The van der Waals surface area contributed by atoms with Gasteiger partial charge >= 0.3 is 0 Å². The third-order valence-corrected chi connectivity index (χ3v) is 8.10. The molecule has 1 fully saturated rings. The number of aliphatic hydroxyl groups is 2. The fraction of sp³-hybridized carbons (Fsp3) is 0.419. The average Bonchev–Trinajstić information content (AvgIpc) is 3.52. The highest BCUT2D eigenvalue weighted by Gasteiger charge is 2.58. The molecule has 11 heteroatoms. The number of hydrogen-bond acceptors (Lipinski definition) is 6. The van der Waals surface area contributed by atoms with Gasteiger partial charge in [0.2, 0.25) is 5.91 Å². The number of amides is 1. The van der Waals surface area contributed by atoms with Crippen LogP contribution in [0.5, 0.6) is 0 Å². The quantitative estimate of drug-likeness (QED) is 0.226. The van der Waals surface area contributed by atoms with Gasteiger partial charge in [-0.3, -0.25) is 4.79 Å². The molecule has 42 heavy (non-hydrogen) atoms. The lowest BCUT2D eigenvalue weighted by atomic mass is 9.65. The van der Waals surface area contributed by atoms with Crippen molar-refractivity contribution in [3.05, 3.63) is 93.9 Å². The molecule has 1 saturated heterocycles. The van der Waals surface area contributed by atoms with E-state index in [2.05, 4.69) is 16.7 Å². The molecule has 0 radical (unpaired) electrons. The van der Waals surface area contributed by atoms with E-state index in [4.69, 9.17) is 32.7 Å². The first-order valence-electron chi connectivity index (χ1n) is 13.5. The summed E-state index contributed by atoms with van der Waals surface area (Å²) < 4.78 is 34.3. The zero-order chi connectivity index (χ0) is 31.1. The summed E-state index contributed by atoms with van der Waals surface area (Å²) in [5, 5.41) is 35.6. The predicted molar refractivity (Wildman–Crippen MR) is 158 cm³/mol. The highest BCUT2D eigenvalue weighted by atomic mass is 35.5. The minimum atomic E-state index is -1.52. The summed E-state index contributed by atoms with van der Waals surface area (Å²) in [6, 6.07) is 8.65. The first kappa shape index (κ1) is 33.5. The number of nitrogens with zero attached hydrogens (tertiary/aromatic N) is 1. The lowest BCUT2D eigenvalue weighted by molar-refractivity contribution is -0.123. The number of aryl methyl sites for hydroxylation is 1. The van der Waals surface area contributed by atoms with E-state index in [-0.39, 0.29) is 34.9 Å². The Bertz CT molecular complexity index is 1380. The fourth-order valence-corrected chi connectivity index (χ4v) is 5.69. The predicted octanol–water partition coefficient (Wildman–Crippen LogP) is 5.70. The second-order valence-electron chi connectivity index (χ2n) is 11.0. The van der Waals surface area contributed by atoms with Gasteiger partial charge in [-0.1, -0.05) is 61.3 Å². The smallest absolute Gasteiger partial charge is 0.237 e. The number of furan rings is 1. The first-order chi connectivity index (χ1) is 19.9. The Labute approximate surface area is 254 Å². The molecule has 0 spiro atoms. The molecule has 7 nitrogen and oxygen atoms in total. The van der Waals surface area contributed by atoms with Gasteiger partial charge in [0.15, 0.2) is 0 Å². The van der Waals surface area contributed by atoms with E-state index in [1.807, 2.05) is 32.9 Å². The number of halogens is 4. The van der Waals surface area contributed by atoms with Crippen LogP contribution in [0.2, 0.25) is 5.02 Å². The minimum absolute atomic E-state index is 0.0363. The zero-order valence-electron chi connectivity index (χ0n) is 23.6. The number of aliphatic hydroxyl groups excluding tert-OH is 2. The molecule has 5 atom stereocenters. The van der Waals surface area contributed by atoms with Crippen LogP contribution in [0.15, 0.2) is 70.4 Å². The number of benzene rings is 1. The second kappa shape index (κ2) is 14.5. The van der Waals surface area contributed by atoms with Crippen molar-refractivity contribution in [1.29, 1.82) is 5.26 Å². The number of carbonyl (C=O) groups is 1. The Kier molecular flexibility index (Phi) is 11.5. The lowest BCUT2D eigenvalue weighted by Gasteiger charge is -2.35. The average molecular weight is 623 g/mol. The van der Waals surface area contributed by atoms with Crippen LogP contribution in [0.1, 0.15) is 49.7 Å². The Morgan fingerprint density at radius 3 is 2.71 bits per heavy atom. The van der Waals surface area contributed by atoms with Crippen LogP contribution >= 0.6 is 23.2 Å². The summed E-state index contributed by atoms with van der Waals surface area (Å²) >= 11 is 12.2. The fourth-order valence-electron chi connectivity index (χ4n) is 5.39. The van der Waals surface area contributed by atoms with Crippen LogP contribution in [0.25, 0.3) is 0 Å². The molecule has 226 valence electrons. The molecule has 0 aliphatic carbocycles. The van der Waals surface area contributed by atoms with Crippen molar-refractivity contribution < 1.29 is 28.2 Å². The summed E-state index contributed by atoms with van der Waals surface area (Å²) in [7, 11) is 0. The topological polar surface area (TPSA) is 119 Å². The van der Waals surface area contributed by atoms with Crippen molar-refractivity contribution in [2.75, 3.05) is 13.2 Å². The van der Waals surface area contributed by atoms with Crippen LogP contribution in [-0.4, -0.2) is 47.5 Å². The molecular weight excluding hydrogens is 587 g/mol.